The van der Waals surface area contributed by atoms with Crippen LogP contribution >= 0.6 is 24.8 Å². The SMILES string of the molecule is CCNCCCN(C)C.Cl.Cl. The van der Waals surface area contributed by atoms with Crippen molar-refractivity contribution >= 4 is 24.8 Å². The summed E-state index contributed by atoms with van der Waals surface area (Å²) in [4.78, 5) is 2.21. The van der Waals surface area contributed by atoms with Gasteiger partial charge in [0.1, 0.15) is 0 Å². The molecule has 2 nitrogen and oxygen atoms in total. The van der Waals surface area contributed by atoms with Crippen LogP contribution in [0.4, 0.5) is 0 Å². The highest BCUT2D eigenvalue weighted by molar-refractivity contribution is 5.85. The third kappa shape index (κ3) is 18.0. The first kappa shape index (κ1) is 17.5. The second-order valence-corrected chi connectivity index (χ2v) is 2.51. The molecule has 11 heavy (non-hydrogen) atoms. The molecule has 0 amide bonds. The molecule has 0 spiro atoms. The molecule has 0 aliphatic carbocycles. The molecule has 72 valence electrons. The number of nitrogens with zero attached hydrogens (tertiary/aromatic N) is 1. The van der Waals surface area contributed by atoms with Gasteiger partial charge in [0.25, 0.3) is 0 Å². The highest BCUT2D eigenvalue weighted by Crippen LogP contribution is 1.79. The molecule has 0 radical (unpaired) electrons. The normalized spacial score (nSPS) is 8.73. The van der Waals surface area contributed by atoms with Crippen molar-refractivity contribution in [3.05, 3.63) is 0 Å². The monoisotopic (exact) mass is 202 g/mol. The van der Waals surface area contributed by atoms with Crippen LogP contribution < -0.4 is 5.32 Å². The molecule has 0 aliphatic rings. The van der Waals surface area contributed by atoms with Crippen molar-refractivity contribution in [3.63, 3.8) is 0 Å². The Morgan fingerprint density at radius 3 is 2.09 bits per heavy atom. The largest absolute Gasteiger partial charge is 0.317 e. The Morgan fingerprint density at radius 2 is 1.73 bits per heavy atom. The van der Waals surface area contributed by atoms with Gasteiger partial charge < -0.3 is 10.2 Å². The van der Waals surface area contributed by atoms with E-state index in [0.29, 0.717) is 0 Å². The number of rotatable bonds is 5. The Labute approximate surface area is 82.5 Å². The zero-order valence-electron chi connectivity index (χ0n) is 7.59. The molecule has 0 heterocycles. The van der Waals surface area contributed by atoms with E-state index in [4.69, 9.17) is 0 Å². The second-order valence-electron chi connectivity index (χ2n) is 2.51. The fraction of sp³-hybridized carbons (Fsp3) is 1.00. The molecule has 0 aromatic heterocycles. The Bertz CT molecular complexity index is 60.4. The first-order valence-corrected chi connectivity index (χ1v) is 3.62. The summed E-state index contributed by atoms with van der Waals surface area (Å²) in [6, 6.07) is 0. The van der Waals surface area contributed by atoms with Crippen LogP contribution in [0.25, 0.3) is 0 Å². The van der Waals surface area contributed by atoms with Crippen LogP contribution in [0.3, 0.4) is 0 Å². The maximum atomic E-state index is 3.28. The predicted octanol–water partition coefficient (Wildman–Crippen LogP) is 1.39. The Morgan fingerprint density at radius 1 is 1.18 bits per heavy atom. The zero-order chi connectivity index (χ0) is 7.11. The summed E-state index contributed by atoms with van der Waals surface area (Å²) in [7, 11) is 4.21. The fourth-order valence-corrected chi connectivity index (χ4v) is 0.697. The minimum Gasteiger partial charge on any atom is -0.317 e. The van der Waals surface area contributed by atoms with Crippen LogP contribution in [-0.4, -0.2) is 38.6 Å². The summed E-state index contributed by atoms with van der Waals surface area (Å²) >= 11 is 0. The smallest absolute Gasteiger partial charge is 0.00127 e. The second kappa shape index (κ2) is 13.1. The van der Waals surface area contributed by atoms with E-state index >= 15 is 0 Å². The van der Waals surface area contributed by atoms with Crippen LogP contribution in [-0.2, 0) is 0 Å². The van der Waals surface area contributed by atoms with Crippen molar-refractivity contribution in [1.29, 1.82) is 0 Å². The molecule has 0 saturated heterocycles. The number of hydrogen-bond acceptors (Lipinski definition) is 2. The van der Waals surface area contributed by atoms with Crippen molar-refractivity contribution in [1.82, 2.24) is 10.2 Å². The molecule has 0 rings (SSSR count). The van der Waals surface area contributed by atoms with E-state index in [9.17, 15) is 0 Å². The fourth-order valence-electron chi connectivity index (χ4n) is 0.697. The topological polar surface area (TPSA) is 15.3 Å². The van der Waals surface area contributed by atoms with E-state index in [0.717, 1.165) is 13.1 Å². The molecule has 0 bridgehead atoms. The van der Waals surface area contributed by atoms with Crippen molar-refractivity contribution in [2.24, 2.45) is 0 Å². The summed E-state index contributed by atoms with van der Waals surface area (Å²) in [6.07, 6.45) is 1.25. The molecule has 0 unspecified atom stereocenters. The van der Waals surface area contributed by atoms with E-state index < -0.39 is 0 Å². The molecular formula is C7H20Cl2N2. The lowest BCUT2D eigenvalue weighted by molar-refractivity contribution is 0.395. The maximum absolute atomic E-state index is 3.28. The van der Waals surface area contributed by atoms with Crippen molar-refractivity contribution in [2.45, 2.75) is 13.3 Å². The van der Waals surface area contributed by atoms with Gasteiger partial charge in [-0.25, -0.2) is 0 Å². The van der Waals surface area contributed by atoms with Crippen molar-refractivity contribution in [2.75, 3.05) is 33.7 Å². The highest BCUT2D eigenvalue weighted by atomic mass is 35.5. The zero-order valence-corrected chi connectivity index (χ0v) is 9.23. The van der Waals surface area contributed by atoms with Crippen molar-refractivity contribution in [3.8, 4) is 0 Å². The molecule has 0 saturated carbocycles. The van der Waals surface area contributed by atoms with Gasteiger partial charge >= 0.3 is 0 Å². The van der Waals surface area contributed by atoms with Gasteiger partial charge in [-0.3, -0.25) is 0 Å². The van der Waals surface area contributed by atoms with Gasteiger partial charge in [-0.05, 0) is 40.2 Å². The third-order valence-corrected chi connectivity index (χ3v) is 1.21. The Hall–Kier alpha value is 0.500. The van der Waals surface area contributed by atoms with E-state index in [2.05, 4.69) is 31.2 Å². The molecule has 1 N–H and O–H groups in total. The van der Waals surface area contributed by atoms with Gasteiger partial charge in [0, 0.05) is 0 Å². The summed E-state index contributed by atoms with van der Waals surface area (Å²) in [5.41, 5.74) is 0. The van der Waals surface area contributed by atoms with Gasteiger partial charge in [0.15, 0.2) is 0 Å². The predicted molar refractivity (Wildman–Crippen MR) is 56.2 cm³/mol. The quantitative estimate of drug-likeness (QED) is 0.679. The van der Waals surface area contributed by atoms with Crippen LogP contribution in [0.1, 0.15) is 13.3 Å². The van der Waals surface area contributed by atoms with Crippen LogP contribution in [0, 0.1) is 0 Å². The van der Waals surface area contributed by atoms with Gasteiger partial charge in [-0.2, -0.15) is 0 Å². The van der Waals surface area contributed by atoms with E-state index in [-0.39, 0.29) is 24.8 Å². The van der Waals surface area contributed by atoms with E-state index in [1.807, 2.05) is 0 Å². The lowest BCUT2D eigenvalue weighted by Crippen LogP contribution is -2.20. The molecule has 0 atom stereocenters. The minimum absolute atomic E-state index is 0. The van der Waals surface area contributed by atoms with E-state index in [1.54, 1.807) is 0 Å². The molecule has 0 fully saturated rings. The maximum Gasteiger partial charge on any atom is -0.00127 e. The minimum atomic E-state index is 0. The standard InChI is InChI=1S/C7H18N2.2ClH/c1-4-8-6-5-7-9(2)3;;/h8H,4-7H2,1-3H3;2*1H. The lowest BCUT2D eigenvalue weighted by Gasteiger charge is -2.08. The first-order chi connectivity index (χ1) is 4.27. The third-order valence-electron chi connectivity index (χ3n) is 1.21. The summed E-state index contributed by atoms with van der Waals surface area (Å²) < 4.78 is 0. The number of hydrogen-bond donors (Lipinski definition) is 1. The van der Waals surface area contributed by atoms with Crippen LogP contribution in [0.15, 0.2) is 0 Å². The Kier molecular flexibility index (Phi) is 20.9. The number of nitrogens with one attached hydrogen (secondary N) is 1. The van der Waals surface area contributed by atoms with Crippen LogP contribution in [0.5, 0.6) is 0 Å². The van der Waals surface area contributed by atoms with E-state index in [1.165, 1.54) is 13.0 Å². The average Bonchev–Trinajstić information content (AvgIpc) is 1.80. The summed E-state index contributed by atoms with van der Waals surface area (Å²) in [5, 5.41) is 3.28. The highest BCUT2D eigenvalue weighted by Gasteiger charge is 1.87. The first-order valence-electron chi connectivity index (χ1n) is 3.62. The molecule has 4 heteroatoms. The lowest BCUT2D eigenvalue weighted by atomic mass is 10.4. The van der Waals surface area contributed by atoms with Gasteiger partial charge in [-0.15, -0.1) is 24.8 Å². The van der Waals surface area contributed by atoms with Gasteiger partial charge in [0.2, 0.25) is 0 Å². The molecular weight excluding hydrogens is 183 g/mol. The van der Waals surface area contributed by atoms with Gasteiger partial charge in [-0.1, -0.05) is 6.92 Å². The molecule has 0 aromatic carbocycles. The Balaban J connectivity index is -0.000000320. The molecule has 0 aliphatic heterocycles. The average molecular weight is 203 g/mol. The summed E-state index contributed by atoms with van der Waals surface area (Å²) in [6.45, 7) is 5.56. The number of halogens is 2. The van der Waals surface area contributed by atoms with Crippen LogP contribution in [0.2, 0.25) is 0 Å². The van der Waals surface area contributed by atoms with Crippen molar-refractivity contribution < 1.29 is 0 Å². The van der Waals surface area contributed by atoms with Gasteiger partial charge in [0.05, 0.1) is 0 Å². The molecule has 0 aromatic rings. The summed E-state index contributed by atoms with van der Waals surface area (Å²) in [5.74, 6) is 0.